The molecule has 20 heavy (non-hydrogen) atoms. The quantitative estimate of drug-likeness (QED) is 0.907. The van der Waals surface area contributed by atoms with Gasteiger partial charge in [0, 0.05) is 18.7 Å². The van der Waals surface area contributed by atoms with E-state index in [2.05, 4.69) is 10.1 Å². The van der Waals surface area contributed by atoms with Crippen LogP contribution in [0.4, 0.5) is 0 Å². The largest absolute Gasteiger partial charge is 0.478 e. The van der Waals surface area contributed by atoms with Crippen molar-refractivity contribution in [2.24, 2.45) is 0 Å². The predicted molar refractivity (Wildman–Crippen MR) is 74.5 cm³/mol. The highest BCUT2D eigenvalue weighted by molar-refractivity contribution is 5.87. The molecule has 0 unspecified atom stereocenters. The normalized spacial score (nSPS) is 11.0. The fourth-order valence-corrected chi connectivity index (χ4v) is 2.12. The highest BCUT2D eigenvalue weighted by atomic mass is 16.5. The van der Waals surface area contributed by atoms with E-state index in [9.17, 15) is 4.79 Å². The van der Waals surface area contributed by atoms with Crippen LogP contribution in [0.2, 0.25) is 0 Å². The molecule has 5 heteroatoms. The molecule has 0 aliphatic carbocycles. The van der Waals surface area contributed by atoms with Crippen LogP contribution in [0, 0.1) is 13.8 Å². The van der Waals surface area contributed by atoms with Gasteiger partial charge in [-0.2, -0.15) is 0 Å². The van der Waals surface area contributed by atoms with E-state index in [0.29, 0.717) is 5.56 Å². The van der Waals surface area contributed by atoms with Crippen molar-refractivity contribution in [2.45, 2.75) is 26.9 Å². The molecule has 106 valence electrons. The van der Waals surface area contributed by atoms with Crippen molar-refractivity contribution in [2.75, 3.05) is 7.05 Å². The molecule has 1 heterocycles. The molecule has 0 atom stereocenters. The summed E-state index contributed by atoms with van der Waals surface area (Å²) in [6.45, 7) is 5.33. The Morgan fingerprint density at radius 1 is 1.25 bits per heavy atom. The van der Waals surface area contributed by atoms with Gasteiger partial charge in [0.1, 0.15) is 5.76 Å². The van der Waals surface area contributed by atoms with Gasteiger partial charge in [-0.3, -0.25) is 4.90 Å². The number of hydrogen-bond donors (Lipinski definition) is 1. The van der Waals surface area contributed by atoms with Crippen LogP contribution in [0.5, 0.6) is 0 Å². The summed E-state index contributed by atoms with van der Waals surface area (Å²) in [6, 6.07) is 6.93. The van der Waals surface area contributed by atoms with Gasteiger partial charge < -0.3 is 9.63 Å². The third kappa shape index (κ3) is 3.24. The van der Waals surface area contributed by atoms with Crippen LogP contribution in [-0.2, 0) is 13.1 Å². The van der Waals surface area contributed by atoms with Crippen LogP contribution in [0.25, 0.3) is 0 Å². The summed E-state index contributed by atoms with van der Waals surface area (Å²) < 4.78 is 5.15. The van der Waals surface area contributed by atoms with Gasteiger partial charge in [-0.25, -0.2) is 4.79 Å². The first kappa shape index (κ1) is 14.3. The highest BCUT2D eigenvalue weighted by Crippen LogP contribution is 2.16. The third-order valence-electron chi connectivity index (χ3n) is 3.26. The summed E-state index contributed by atoms with van der Waals surface area (Å²) in [5.74, 6) is -0.0591. The average Bonchev–Trinajstić information content (AvgIpc) is 2.71. The van der Waals surface area contributed by atoms with Crippen molar-refractivity contribution in [1.29, 1.82) is 0 Å². The molecule has 0 saturated carbocycles. The molecule has 0 radical (unpaired) electrons. The summed E-state index contributed by atoms with van der Waals surface area (Å²) in [6.07, 6.45) is 0. The van der Waals surface area contributed by atoms with Gasteiger partial charge >= 0.3 is 5.97 Å². The molecule has 1 aromatic carbocycles. The molecule has 0 fully saturated rings. The fourth-order valence-electron chi connectivity index (χ4n) is 2.12. The van der Waals surface area contributed by atoms with Crippen LogP contribution >= 0.6 is 0 Å². The highest BCUT2D eigenvalue weighted by Gasteiger charge is 2.11. The van der Waals surface area contributed by atoms with Gasteiger partial charge in [0.15, 0.2) is 0 Å². The smallest absolute Gasteiger partial charge is 0.335 e. The number of aromatic carboxylic acids is 1. The van der Waals surface area contributed by atoms with E-state index in [1.54, 1.807) is 12.1 Å². The zero-order chi connectivity index (χ0) is 14.7. The molecular formula is C15H18N2O3. The van der Waals surface area contributed by atoms with E-state index in [1.807, 2.05) is 33.0 Å². The Bertz CT molecular complexity index is 583. The van der Waals surface area contributed by atoms with Gasteiger partial charge in [-0.05, 0) is 38.6 Å². The van der Waals surface area contributed by atoms with E-state index >= 15 is 0 Å². The second-order valence-corrected chi connectivity index (χ2v) is 4.98. The Balaban J connectivity index is 2.01. The minimum Gasteiger partial charge on any atom is -0.478 e. The maximum atomic E-state index is 10.8. The van der Waals surface area contributed by atoms with Gasteiger partial charge in [-0.15, -0.1) is 0 Å². The number of benzene rings is 1. The Morgan fingerprint density at radius 2 is 1.90 bits per heavy atom. The predicted octanol–water partition coefficient (Wildman–Crippen LogP) is 2.62. The van der Waals surface area contributed by atoms with E-state index < -0.39 is 5.97 Å². The lowest BCUT2D eigenvalue weighted by Gasteiger charge is -2.16. The molecule has 1 aromatic heterocycles. The first-order valence-corrected chi connectivity index (χ1v) is 6.40. The monoisotopic (exact) mass is 274 g/mol. The lowest BCUT2D eigenvalue weighted by Crippen LogP contribution is -2.18. The first-order valence-electron chi connectivity index (χ1n) is 6.40. The standard InChI is InChI=1S/C15H18N2O3/c1-10-14(11(2)20-16-10)9-17(3)8-12-4-6-13(7-5-12)15(18)19/h4-7H,8-9H2,1-3H3,(H,18,19). The SMILES string of the molecule is Cc1noc(C)c1CN(C)Cc1ccc(C(=O)O)cc1. The summed E-state index contributed by atoms with van der Waals surface area (Å²) in [5.41, 5.74) is 3.40. The molecule has 5 nitrogen and oxygen atoms in total. The van der Waals surface area contributed by atoms with Crippen LogP contribution in [-0.4, -0.2) is 28.2 Å². The van der Waals surface area contributed by atoms with Crippen LogP contribution in [0.15, 0.2) is 28.8 Å². The molecule has 0 amide bonds. The zero-order valence-electron chi connectivity index (χ0n) is 11.9. The summed E-state index contributed by atoms with van der Waals surface area (Å²) >= 11 is 0. The molecule has 0 saturated heterocycles. The minimum absolute atomic E-state index is 0.308. The van der Waals surface area contributed by atoms with Crippen LogP contribution in [0.1, 0.15) is 32.9 Å². The van der Waals surface area contributed by atoms with E-state index in [1.165, 1.54) is 0 Å². The average molecular weight is 274 g/mol. The Kier molecular flexibility index (Phi) is 4.20. The molecular weight excluding hydrogens is 256 g/mol. The second kappa shape index (κ2) is 5.88. The molecule has 2 rings (SSSR count). The van der Waals surface area contributed by atoms with Crippen LogP contribution in [0.3, 0.4) is 0 Å². The number of carboxylic acids is 1. The maximum Gasteiger partial charge on any atom is 0.335 e. The molecule has 0 bridgehead atoms. The van der Waals surface area contributed by atoms with Gasteiger partial charge in [0.25, 0.3) is 0 Å². The summed E-state index contributed by atoms with van der Waals surface area (Å²) in [5, 5.41) is 12.8. The third-order valence-corrected chi connectivity index (χ3v) is 3.26. The number of hydrogen-bond acceptors (Lipinski definition) is 4. The Labute approximate surface area is 117 Å². The van der Waals surface area contributed by atoms with Gasteiger partial charge in [-0.1, -0.05) is 17.3 Å². The van der Waals surface area contributed by atoms with Gasteiger partial charge in [0.05, 0.1) is 11.3 Å². The number of carbonyl (C=O) groups is 1. The second-order valence-electron chi connectivity index (χ2n) is 4.98. The lowest BCUT2D eigenvalue weighted by atomic mass is 10.1. The number of aromatic nitrogens is 1. The molecule has 0 aliphatic rings. The first-order chi connectivity index (χ1) is 9.47. The number of carboxylic acid groups (broad SMARTS) is 1. The van der Waals surface area contributed by atoms with Crippen molar-refractivity contribution in [3.8, 4) is 0 Å². The van der Waals surface area contributed by atoms with Crippen molar-refractivity contribution in [3.05, 3.63) is 52.4 Å². The van der Waals surface area contributed by atoms with E-state index in [0.717, 1.165) is 35.7 Å². The topological polar surface area (TPSA) is 66.6 Å². The Hall–Kier alpha value is -2.14. The molecule has 0 aliphatic heterocycles. The number of aryl methyl sites for hydroxylation is 2. The zero-order valence-corrected chi connectivity index (χ0v) is 11.9. The molecule has 1 N–H and O–H groups in total. The molecule has 2 aromatic rings. The van der Waals surface area contributed by atoms with Crippen LogP contribution < -0.4 is 0 Å². The lowest BCUT2D eigenvalue weighted by molar-refractivity contribution is 0.0697. The number of nitrogens with zero attached hydrogens (tertiary/aromatic N) is 2. The van der Waals surface area contributed by atoms with Gasteiger partial charge in [0.2, 0.25) is 0 Å². The summed E-state index contributed by atoms with van der Waals surface area (Å²) in [4.78, 5) is 12.9. The van der Waals surface area contributed by atoms with Crippen molar-refractivity contribution in [1.82, 2.24) is 10.1 Å². The number of rotatable bonds is 5. The van der Waals surface area contributed by atoms with E-state index in [4.69, 9.17) is 9.63 Å². The fraction of sp³-hybridized carbons (Fsp3) is 0.333. The van der Waals surface area contributed by atoms with Crippen molar-refractivity contribution >= 4 is 5.97 Å². The Morgan fingerprint density at radius 3 is 2.40 bits per heavy atom. The minimum atomic E-state index is -0.902. The maximum absolute atomic E-state index is 10.8. The summed E-state index contributed by atoms with van der Waals surface area (Å²) in [7, 11) is 2.01. The van der Waals surface area contributed by atoms with E-state index in [-0.39, 0.29) is 0 Å². The molecule has 0 spiro atoms. The van der Waals surface area contributed by atoms with Crippen molar-refractivity contribution in [3.63, 3.8) is 0 Å². The van der Waals surface area contributed by atoms with Crippen molar-refractivity contribution < 1.29 is 14.4 Å².